The molecule has 3 nitrogen and oxygen atoms in total. The summed E-state index contributed by atoms with van der Waals surface area (Å²) >= 11 is 0. The van der Waals surface area contributed by atoms with E-state index in [0.29, 0.717) is 0 Å². The van der Waals surface area contributed by atoms with Gasteiger partial charge in [-0.3, -0.25) is 4.79 Å². The average molecular weight is 229 g/mol. The number of carbonyl (C=O) groups excluding carboxylic acids is 1. The molecule has 0 rings (SSSR count). The molecule has 0 aromatic rings. The summed E-state index contributed by atoms with van der Waals surface area (Å²) < 4.78 is 0. The molecule has 1 atom stereocenters. The van der Waals surface area contributed by atoms with Gasteiger partial charge in [-0.1, -0.05) is 65.2 Å². The minimum Gasteiger partial charge on any atom is -0.373 e. The van der Waals surface area contributed by atoms with E-state index in [9.17, 15) is 4.79 Å². The highest BCUT2D eigenvalue weighted by Gasteiger charge is 2.12. The summed E-state index contributed by atoms with van der Waals surface area (Å²) in [5.41, 5.74) is 0. The minimum absolute atomic E-state index is 0.0508. The molecule has 0 bridgehead atoms. The predicted molar refractivity (Wildman–Crippen MR) is 66.7 cm³/mol. The van der Waals surface area contributed by atoms with Crippen LogP contribution >= 0.6 is 0 Å². The van der Waals surface area contributed by atoms with Crippen molar-refractivity contribution in [1.29, 1.82) is 0 Å². The lowest BCUT2D eigenvalue weighted by Crippen LogP contribution is -2.18. The van der Waals surface area contributed by atoms with E-state index in [0.717, 1.165) is 12.8 Å². The van der Waals surface area contributed by atoms with Crippen molar-refractivity contribution in [2.75, 3.05) is 0 Å². The van der Waals surface area contributed by atoms with Crippen LogP contribution in [-0.4, -0.2) is 5.97 Å². The van der Waals surface area contributed by atoms with Gasteiger partial charge in [-0.25, -0.2) is 0 Å². The van der Waals surface area contributed by atoms with Crippen molar-refractivity contribution in [3.8, 4) is 0 Å². The van der Waals surface area contributed by atoms with Gasteiger partial charge in [0, 0.05) is 0 Å². The fraction of sp³-hybridized carbons (Fsp3) is 0.923. The lowest BCUT2D eigenvalue weighted by molar-refractivity contribution is -0.148. The highest BCUT2D eigenvalue weighted by Crippen LogP contribution is 2.13. The summed E-state index contributed by atoms with van der Waals surface area (Å²) in [5.74, 6) is 4.48. The molecule has 0 heterocycles. The Morgan fingerprint density at radius 1 is 1.06 bits per heavy atom. The molecule has 2 N–H and O–H groups in total. The van der Waals surface area contributed by atoms with Crippen molar-refractivity contribution in [3.63, 3.8) is 0 Å². The fourth-order valence-electron chi connectivity index (χ4n) is 1.82. The zero-order valence-corrected chi connectivity index (χ0v) is 10.8. The third-order valence-corrected chi connectivity index (χ3v) is 3.01. The molecule has 0 aliphatic heterocycles. The predicted octanol–water partition coefficient (Wildman–Crippen LogP) is 3.57. The van der Waals surface area contributed by atoms with Gasteiger partial charge in [0.2, 0.25) is 0 Å². The van der Waals surface area contributed by atoms with Gasteiger partial charge >= 0.3 is 5.97 Å². The molecule has 16 heavy (non-hydrogen) atoms. The molecule has 0 saturated carbocycles. The summed E-state index contributed by atoms with van der Waals surface area (Å²) in [7, 11) is 0. The van der Waals surface area contributed by atoms with Crippen LogP contribution in [0.2, 0.25) is 0 Å². The summed E-state index contributed by atoms with van der Waals surface area (Å²) in [6, 6.07) is 0. The zero-order valence-electron chi connectivity index (χ0n) is 10.8. The number of hydrogen-bond acceptors (Lipinski definition) is 3. The minimum atomic E-state index is -0.289. The second-order valence-corrected chi connectivity index (χ2v) is 4.60. The smallest absolute Gasteiger partial charge is 0.327 e. The third kappa shape index (κ3) is 8.72. The molecule has 0 aliphatic carbocycles. The van der Waals surface area contributed by atoms with Crippen molar-refractivity contribution in [3.05, 3.63) is 0 Å². The van der Waals surface area contributed by atoms with Crippen molar-refractivity contribution in [2.24, 2.45) is 11.8 Å². The van der Waals surface area contributed by atoms with Crippen LogP contribution in [-0.2, 0) is 9.63 Å². The lowest BCUT2D eigenvalue weighted by atomic mass is 10.0. The first-order chi connectivity index (χ1) is 7.72. The SMILES string of the molecule is CCCCCCCCCCC(C)C(=O)ON. The molecule has 1 unspecified atom stereocenters. The Kier molecular flexibility index (Phi) is 10.5. The normalized spacial score (nSPS) is 12.4. The standard InChI is InChI=1S/C13H27NO2/c1-3-4-5-6-7-8-9-10-11-12(2)13(15)16-14/h12H,3-11,14H2,1-2H3. The van der Waals surface area contributed by atoms with Crippen LogP contribution in [0.3, 0.4) is 0 Å². The van der Waals surface area contributed by atoms with E-state index < -0.39 is 0 Å². The topological polar surface area (TPSA) is 52.3 Å². The Bertz CT molecular complexity index is 171. The van der Waals surface area contributed by atoms with Crippen LogP contribution in [0.4, 0.5) is 0 Å². The van der Waals surface area contributed by atoms with Crippen LogP contribution < -0.4 is 5.90 Å². The second kappa shape index (κ2) is 10.9. The number of hydrogen-bond donors (Lipinski definition) is 1. The monoisotopic (exact) mass is 229 g/mol. The average Bonchev–Trinajstić information content (AvgIpc) is 2.31. The van der Waals surface area contributed by atoms with Crippen LogP contribution in [0.15, 0.2) is 0 Å². The lowest BCUT2D eigenvalue weighted by Gasteiger charge is -2.07. The molecule has 0 amide bonds. The summed E-state index contributed by atoms with van der Waals surface area (Å²) in [5, 5.41) is 0. The van der Waals surface area contributed by atoms with Gasteiger partial charge in [-0.15, -0.1) is 0 Å². The van der Waals surface area contributed by atoms with Gasteiger partial charge in [-0.05, 0) is 6.42 Å². The van der Waals surface area contributed by atoms with E-state index in [1.54, 1.807) is 0 Å². The molecule has 0 aromatic heterocycles. The zero-order chi connectivity index (χ0) is 12.2. The number of rotatable bonds is 10. The van der Waals surface area contributed by atoms with Crippen molar-refractivity contribution >= 4 is 5.97 Å². The van der Waals surface area contributed by atoms with Gasteiger partial charge < -0.3 is 4.84 Å². The molecule has 96 valence electrons. The van der Waals surface area contributed by atoms with Crippen LogP contribution in [0, 0.1) is 5.92 Å². The largest absolute Gasteiger partial charge is 0.373 e. The maximum Gasteiger partial charge on any atom is 0.327 e. The van der Waals surface area contributed by atoms with Crippen molar-refractivity contribution in [2.45, 2.75) is 71.6 Å². The third-order valence-electron chi connectivity index (χ3n) is 3.01. The van der Waals surface area contributed by atoms with Gasteiger partial charge in [0.05, 0.1) is 5.92 Å². The second-order valence-electron chi connectivity index (χ2n) is 4.60. The fourth-order valence-corrected chi connectivity index (χ4v) is 1.82. The molecular weight excluding hydrogens is 202 g/mol. The summed E-state index contributed by atoms with van der Waals surface area (Å²) in [6.45, 7) is 4.11. The first-order valence-corrected chi connectivity index (χ1v) is 6.63. The quantitative estimate of drug-likeness (QED) is 0.460. The maximum absolute atomic E-state index is 11.0. The highest BCUT2D eigenvalue weighted by atomic mass is 16.7. The number of carbonyl (C=O) groups is 1. The molecule has 0 aliphatic rings. The summed E-state index contributed by atoms with van der Waals surface area (Å²) in [4.78, 5) is 15.2. The molecular formula is C13H27NO2. The summed E-state index contributed by atoms with van der Waals surface area (Å²) in [6.07, 6.45) is 11.2. The van der Waals surface area contributed by atoms with E-state index in [1.165, 1.54) is 44.9 Å². The van der Waals surface area contributed by atoms with Crippen LogP contribution in [0.1, 0.15) is 71.6 Å². The van der Waals surface area contributed by atoms with Gasteiger partial charge in [0.15, 0.2) is 0 Å². The Balaban J connectivity index is 3.17. The van der Waals surface area contributed by atoms with Gasteiger partial charge in [-0.2, -0.15) is 5.90 Å². The molecule has 0 saturated heterocycles. The van der Waals surface area contributed by atoms with E-state index in [4.69, 9.17) is 5.90 Å². The number of nitrogens with two attached hydrogens (primary N) is 1. The van der Waals surface area contributed by atoms with E-state index in [1.807, 2.05) is 6.92 Å². The van der Waals surface area contributed by atoms with Gasteiger partial charge in [0.1, 0.15) is 0 Å². The molecule has 0 fully saturated rings. The highest BCUT2D eigenvalue weighted by molar-refractivity contribution is 5.71. The van der Waals surface area contributed by atoms with E-state index in [2.05, 4.69) is 11.8 Å². The Hall–Kier alpha value is -0.570. The molecule has 3 heteroatoms. The van der Waals surface area contributed by atoms with Crippen LogP contribution in [0.5, 0.6) is 0 Å². The first kappa shape index (κ1) is 15.4. The first-order valence-electron chi connectivity index (χ1n) is 6.63. The molecule has 0 spiro atoms. The Morgan fingerprint density at radius 3 is 2.06 bits per heavy atom. The molecule has 0 aromatic carbocycles. The Labute approximate surface area is 99.7 Å². The van der Waals surface area contributed by atoms with Crippen LogP contribution in [0.25, 0.3) is 0 Å². The maximum atomic E-state index is 11.0. The Morgan fingerprint density at radius 2 is 1.56 bits per heavy atom. The van der Waals surface area contributed by atoms with Gasteiger partial charge in [0.25, 0.3) is 0 Å². The van der Waals surface area contributed by atoms with E-state index in [-0.39, 0.29) is 11.9 Å². The van der Waals surface area contributed by atoms with Crippen molar-refractivity contribution in [1.82, 2.24) is 0 Å². The molecule has 0 radical (unpaired) electrons. The number of unbranched alkanes of at least 4 members (excludes halogenated alkanes) is 7. The van der Waals surface area contributed by atoms with Crippen molar-refractivity contribution < 1.29 is 9.63 Å². The van der Waals surface area contributed by atoms with E-state index >= 15 is 0 Å².